The van der Waals surface area contributed by atoms with Crippen LogP contribution in [0.25, 0.3) is 11.4 Å². The van der Waals surface area contributed by atoms with Crippen LogP contribution in [0.1, 0.15) is 10.4 Å². The van der Waals surface area contributed by atoms with Crippen LogP contribution in [0.5, 0.6) is 0 Å². The van der Waals surface area contributed by atoms with E-state index in [-0.39, 0.29) is 5.91 Å². The Morgan fingerprint density at radius 1 is 1.10 bits per heavy atom. The van der Waals surface area contributed by atoms with E-state index in [1.165, 1.54) is 0 Å². The second-order valence-corrected chi connectivity index (χ2v) is 4.53. The average Bonchev–Trinajstić information content (AvgIpc) is 2.94. The van der Waals surface area contributed by atoms with Crippen LogP contribution in [0.2, 0.25) is 0 Å². The van der Waals surface area contributed by atoms with Crippen LogP contribution in [-0.2, 0) is 7.05 Å². The molecule has 0 radical (unpaired) electrons. The van der Waals surface area contributed by atoms with Crippen LogP contribution in [0.15, 0.2) is 54.6 Å². The van der Waals surface area contributed by atoms with Crippen molar-refractivity contribution in [1.29, 1.82) is 0 Å². The number of rotatable bonds is 3. The minimum atomic E-state index is -0.149. The number of carbonyl (C=O) groups excluding carboxylic acids is 1. The van der Waals surface area contributed by atoms with Crippen LogP contribution in [0.4, 0.5) is 5.69 Å². The van der Waals surface area contributed by atoms with Gasteiger partial charge in [0.1, 0.15) is 0 Å². The normalized spacial score (nSPS) is 10.3. The fraction of sp³-hybridized carbons (Fsp3) is 0.0667. The fourth-order valence-electron chi connectivity index (χ4n) is 2.00. The molecule has 1 heterocycles. The number of nitrogens with one attached hydrogen (secondary N) is 1. The Kier molecular flexibility index (Phi) is 3.42. The summed E-state index contributed by atoms with van der Waals surface area (Å²) in [7, 11) is 1.77. The topological polar surface area (TPSA) is 72.7 Å². The molecular weight excluding hydrogens is 266 g/mol. The van der Waals surface area contributed by atoms with Crippen molar-refractivity contribution in [2.45, 2.75) is 0 Å². The molecule has 1 amide bonds. The first-order valence-electron chi connectivity index (χ1n) is 6.43. The van der Waals surface area contributed by atoms with E-state index in [0.29, 0.717) is 17.1 Å². The second kappa shape index (κ2) is 5.54. The van der Waals surface area contributed by atoms with E-state index in [9.17, 15) is 4.79 Å². The highest BCUT2D eigenvalue weighted by Crippen LogP contribution is 2.20. The Morgan fingerprint density at radius 3 is 2.62 bits per heavy atom. The first-order valence-corrected chi connectivity index (χ1v) is 6.43. The van der Waals surface area contributed by atoms with Gasteiger partial charge in [0, 0.05) is 23.9 Å². The minimum Gasteiger partial charge on any atom is -0.322 e. The summed E-state index contributed by atoms with van der Waals surface area (Å²) in [6.07, 6.45) is 0. The Hall–Kier alpha value is -3.02. The summed E-state index contributed by atoms with van der Waals surface area (Å²) < 4.78 is 1.58. The number of amides is 1. The summed E-state index contributed by atoms with van der Waals surface area (Å²) in [5, 5.41) is 14.2. The highest BCUT2D eigenvalue weighted by molar-refractivity contribution is 6.04. The van der Waals surface area contributed by atoms with Crippen molar-refractivity contribution in [3.05, 3.63) is 60.2 Å². The lowest BCUT2D eigenvalue weighted by Crippen LogP contribution is -2.11. The van der Waals surface area contributed by atoms with Gasteiger partial charge in [0.25, 0.3) is 5.91 Å². The second-order valence-electron chi connectivity index (χ2n) is 4.53. The molecular formula is C15H13N5O. The van der Waals surface area contributed by atoms with Crippen molar-refractivity contribution in [3.8, 4) is 11.4 Å². The number of hydrogen-bond acceptors (Lipinski definition) is 4. The van der Waals surface area contributed by atoms with Gasteiger partial charge in [-0.25, -0.2) is 4.68 Å². The molecule has 1 N–H and O–H groups in total. The van der Waals surface area contributed by atoms with E-state index in [4.69, 9.17) is 0 Å². The molecule has 0 aliphatic rings. The van der Waals surface area contributed by atoms with E-state index >= 15 is 0 Å². The molecule has 0 saturated heterocycles. The van der Waals surface area contributed by atoms with Crippen molar-refractivity contribution in [2.75, 3.05) is 5.32 Å². The molecule has 2 aromatic carbocycles. The number of aromatic nitrogens is 4. The van der Waals surface area contributed by atoms with Crippen LogP contribution < -0.4 is 5.32 Å². The summed E-state index contributed by atoms with van der Waals surface area (Å²) in [6, 6.07) is 16.5. The lowest BCUT2D eigenvalue weighted by Gasteiger charge is -2.07. The number of carbonyl (C=O) groups is 1. The molecule has 0 spiro atoms. The predicted octanol–water partition coefficient (Wildman–Crippen LogP) is 2.13. The van der Waals surface area contributed by atoms with Crippen molar-refractivity contribution >= 4 is 11.6 Å². The highest BCUT2D eigenvalue weighted by Gasteiger charge is 2.09. The maximum atomic E-state index is 12.1. The molecule has 0 bridgehead atoms. The van der Waals surface area contributed by atoms with Gasteiger partial charge in [-0.2, -0.15) is 0 Å². The Bertz CT molecular complexity index is 766. The number of aryl methyl sites for hydroxylation is 1. The zero-order chi connectivity index (χ0) is 14.7. The molecule has 0 aliphatic carbocycles. The first kappa shape index (κ1) is 13.0. The van der Waals surface area contributed by atoms with Gasteiger partial charge < -0.3 is 5.32 Å². The summed E-state index contributed by atoms with van der Waals surface area (Å²) in [4.78, 5) is 12.1. The molecule has 6 nitrogen and oxygen atoms in total. The quantitative estimate of drug-likeness (QED) is 0.797. The largest absolute Gasteiger partial charge is 0.322 e. The fourth-order valence-corrected chi connectivity index (χ4v) is 2.00. The van der Waals surface area contributed by atoms with Crippen molar-refractivity contribution < 1.29 is 4.79 Å². The summed E-state index contributed by atoms with van der Waals surface area (Å²) in [5.41, 5.74) is 2.15. The third kappa shape index (κ3) is 2.79. The van der Waals surface area contributed by atoms with Crippen LogP contribution in [0.3, 0.4) is 0 Å². The molecule has 6 heteroatoms. The van der Waals surface area contributed by atoms with Gasteiger partial charge >= 0.3 is 0 Å². The molecule has 0 unspecified atom stereocenters. The van der Waals surface area contributed by atoms with E-state index < -0.39 is 0 Å². The van der Waals surface area contributed by atoms with Gasteiger partial charge in [-0.15, -0.1) is 5.10 Å². The monoisotopic (exact) mass is 279 g/mol. The molecule has 3 rings (SSSR count). The number of anilines is 1. The Labute approximate surface area is 121 Å². The van der Waals surface area contributed by atoms with Gasteiger partial charge in [0.2, 0.25) is 0 Å². The lowest BCUT2D eigenvalue weighted by atomic mass is 10.1. The van der Waals surface area contributed by atoms with Crippen LogP contribution in [-0.4, -0.2) is 26.1 Å². The number of nitrogens with zero attached hydrogens (tertiary/aromatic N) is 4. The standard InChI is InChI=1S/C15H13N5O/c1-20-14(17-18-19-20)12-8-5-9-13(10-12)16-15(21)11-6-3-2-4-7-11/h2-10H,1H3,(H,16,21). The zero-order valence-corrected chi connectivity index (χ0v) is 11.4. The van der Waals surface area contributed by atoms with Crippen molar-refractivity contribution in [3.63, 3.8) is 0 Å². The Morgan fingerprint density at radius 2 is 1.90 bits per heavy atom. The summed E-state index contributed by atoms with van der Waals surface area (Å²) in [6.45, 7) is 0. The predicted molar refractivity (Wildman–Crippen MR) is 78.6 cm³/mol. The minimum absolute atomic E-state index is 0.149. The van der Waals surface area contributed by atoms with Gasteiger partial charge in [0.05, 0.1) is 0 Å². The van der Waals surface area contributed by atoms with E-state index in [1.54, 1.807) is 23.9 Å². The molecule has 0 aliphatic heterocycles. The molecule has 1 aromatic heterocycles. The van der Waals surface area contributed by atoms with E-state index in [2.05, 4.69) is 20.8 Å². The van der Waals surface area contributed by atoms with E-state index in [1.807, 2.05) is 42.5 Å². The third-order valence-electron chi connectivity index (χ3n) is 3.03. The summed E-state index contributed by atoms with van der Waals surface area (Å²) >= 11 is 0. The molecule has 104 valence electrons. The third-order valence-corrected chi connectivity index (χ3v) is 3.03. The van der Waals surface area contributed by atoms with Gasteiger partial charge in [0.15, 0.2) is 5.82 Å². The van der Waals surface area contributed by atoms with Crippen LogP contribution >= 0.6 is 0 Å². The lowest BCUT2D eigenvalue weighted by molar-refractivity contribution is 0.102. The van der Waals surface area contributed by atoms with Gasteiger partial charge in [-0.1, -0.05) is 30.3 Å². The molecule has 0 saturated carbocycles. The average molecular weight is 279 g/mol. The SMILES string of the molecule is Cn1nnnc1-c1cccc(NC(=O)c2ccccc2)c1. The molecule has 21 heavy (non-hydrogen) atoms. The van der Waals surface area contributed by atoms with E-state index in [0.717, 1.165) is 5.56 Å². The summed E-state index contributed by atoms with van der Waals surface area (Å²) in [5.74, 6) is 0.495. The number of hydrogen-bond donors (Lipinski definition) is 1. The highest BCUT2D eigenvalue weighted by atomic mass is 16.1. The number of benzene rings is 2. The number of tetrazole rings is 1. The van der Waals surface area contributed by atoms with Crippen molar-refractivity contribution in [1.82, 2.24) is 20.2 Å². The van der Waals surface area contributed by atoms with Crippen molar-refractivity contribution in [2.24, 2.45) is 7.05 Å². The smallest absolute Gasteiger partial charge is 0.255 e. The first-order chi connectivity index (χ1) is 10.2. The molecule has 0 atom stereocenters. The zero-order valence-electron chi connectivity index (χ0n) is 11.4. The van der Waals surface area contributed by atoms with Crippen LogP contribution in [0, 0.1) is 0 Å². The molecule has 0 fully saturated rings. The molecule has 3 aromatic rings. The van der Waals surface area contributed by atoms with Gasteiger partial charge in [-0.05, 0) is 34.7 Å². The maximum absolute atomic E-state index is 12.1. The van der Waals surface area contributed by atoms with Gasteiger partial charge in [-0.3, -0.25) is 4.79 Å². The Balaban J connectivity index is 1.84. The maximum Gasteiger partial charge on any atom is 0.255 e.